The first kappa shape index (κ1) is 10.8. The molecule has 0 saturated heterocycles. The van der Waals surface area contributed by atoms with Crippen LogP contribution in [0.4, 0.5) is 4.79 Å². The predicted octanol–water partition coefficient (Wildman–Crippen LogP) is 2.39. The molecule has 0 aliphatic carbocycles. The Hall–Kier alpha value is -1.23. The van der Waals surface area contributed by atoms with E-state index in [4.69, 9.17) is 16.7 Å². The van der Waals surface area contributed by atoms with Crippen molar-refractivity contribution in [1.29, 1.82) is 0 Å². The third-order valence-corrected chi connectivity index (χ3v) is 1.92. The topological polar surface area (TPSA) is 64.4 Å². The second-order valence-corrected chi connectivity index (χ2v) is 3.15. The lowest BCUT2D eigenvalue weighted by Crippen LogP contribution is -2.09. The largest absolute Gasteiger partial charge is 0.512 e. The van der Waals surface area contributed by atoms with Crippen molar-refractivity contribution < 1.29 is 14.6 Å². The number of ether oxygens (including phenoxy) is 1. The Labute approximate surface area is 86.2 Å². The number of carbonyl (C=O) groups is 1. The zero-order valence-corrected chi connectivity index (χ0v) is 8.49. The van der Waals surface area contributed by atoms with Crippen molar-refractivity contribution in [3.63, 3.8) is 0 Å². The summed E-state index contributed by atoms with van der Waals surface area (Å²) < 4.78 is 5.94. The van der Waals surface area contributed by atoms with E-state index >= 15 is 0 Å². The SMILES string of the molecule is CCCCn1ncc(Cl)c1OC(=O)O. The Morgan fingerprint density at radius 3 is 3.07 bits per heavy atom. The van der Waals surface area contributed by atoms with E-state index in [9.17, 15) is 4.79 Å². The molecule has 0 amide bonds. The molecule has 5 nitrogen and oxygen atoms in total. The Kier molecular flexibility index (Phi) is 3.76. The molecule has 0 aromatic carbocycles. The summed E-state index contributed by atoms with van der Waals surface area (Å²) in [5, 5.41) is 12.6. The van der Waals surface area contributed by atoms with E-state index in [1.54, 1.807) is 0 Å². The quantitative estimate of drug-likeness (QED) is 0.789. The number of rotatable bonds is 4. The van der Waals surface area contributed by atoms with E-state index in [-0.39, 0.29) is 10.9 Å². The molecule has 6 heteroatoms. The van der Waals surface area contributed by atoms with Crippen molar-refractivity contribution >= 4 is 17.8 Å². The van der Waals surface area contributed by atoms with Crippen LogP contribution in [0.25, 0.3) is 0 Å². The maximum absolute atomic E-state index is 10.3. The number of nitrogens with zero attached hydrogens (tertiary/aromatic N) is 2. The third-order valence-electron chi connectivity index (χ3n) is 1.66. The fourth-order valence-electron chi connectivity index (χ4n) is 1.00. The summed E-state index contributed by atoms with van der Waals surface area (Å²) in [6.45, 7) is 2.63. The Morgan fingerprint density at radius 1 is 1.79 bits per heavy atom. The fourth-order valence-corrected chi connectivity index (χ4v) is 1.18. The second kappa shape index (κ2) is 4.85. The first-order valence-electron chi connectivity index (χ1n) is 4.27. The summed E-state index contributed by atoms with van der Waals surface area (Å²) in [6.07, 6.45) is 1.87. The van der Waals surface area contributed by atoms with Gasteiger partial charge in [-0.3, -0.25) is 0 Å². The Morgan fingerprint density at radius 2 is 2.50 bits per heavy atom. The number of hydrogen-bond donors (Lipinski definition) is 1. The number of aryl methyl sites for hydroxylation is 1. The molecule has 1 N–H and O–H groups in total. The van der Waals surface area contributed by atoms with Gasteiger partial charge in [0, 0.05) is 6.54 Å². The smallest absolute Gasteiger partial charge is 0.449 e. The molecule has 0 radical (unpaired) electrons. The van der Waals surface area contributed by atoms with Crippen LogP contribution >= 0.6 is 11.6 Å². The second-order valence-electron chi connectivity index (χ2n) is 2.74. The summed E-state index contributed by atoms with van der Waals surface area (Å²) in [5.74, 6) is 0.0904. The standard InChI is InChI=1S/C8H11ClN2O3/c1-2-3-4-11-7(14-8(12)13)6(9)5-10-11/h5H,2-4H2,1H3,(H,12,13). The van der Waals surface area contributed by atoms with Crippen LogP contribution in [0.5, 0.6) is 5.88 Å². The minimum atomic E-state index is -1.38. The van der Waals surface area contributed by atoms with Gasteiger partial charge in [0.1, 0.15) is 5.02 Å². The van der Waals surface area contributed by atoms with E-state index < -0.39 is 6.16 Å². The average Bonchev–Trinajstić information content (AvgIpc) is 2.45. The average molecular weight is 219 g/mol. The predicted molar refractivity (Wildman–Crippen MR) is 50.8 cm³/mol. The molecule has 1 aromatic rings. The molecule has 14 heavy (non-hydrogen) atoms. The monoisotopic (exact) mass is 218 g/mol. The number of hydrogen-bond acceptors (Lipinski definition) is 3. The maximum atomic E-state index is 10.3. The molecule has 1 rings (SSSR count). The van der Waals surface area contributed by atoms with Crippen LogP contribution in [0.3, 0.4) is 0 Å². The normalized spacial score (nSPS) is 10.1. The summed E-state index contributed by atoms with van der Waals surface area (Å²) in [7, 11) is 0. The molecule has 0 spiro atoms. The molecular formula is C8H11ClN2O3. The molecule has 78 valence electrons. The molecule has 1 aromatic heterocycles. The molecule has 0 unspecified atom stereocenters. The van der Waals surface area contributed by atoms with Gasteiger partial charge in [0.25, 0.3) is 0 Å². The van der Waals surface area contributed by atoms with Gasteiger partial charge in [0.05, 0.1) is 6.20 Å². The highest BCUT2D eigenvalue weighted by Gasteiger charge is 2.13. The lowest BCUT2D eigenvalue weighted by Gasteiger charge is -2.04. The van der Waals surface area contributed by atoms with Gasteiger partial charge in [0.2, 0.25) is 5.88 Å². The van der Waals surface area contributed by atoms with Gasteiger partial charge >= 0.3 is 6.16 Å². The summed E-state index contributed by atoms with van der Waals surface area (Å²) in [5.41, 5.74) is 0. The lowest BCUT2D eigenvalue weighted by molar-refractivity contribution is 0.139. The van der Waals surface area contributed by atoms with Crippen molar-refractivity contribution in [2.75, 3.05) is 0 Å². The van der Waals surface area contributed by atoms with E-state index in [1.165, 1.54) is 10.9 Å². The number of halogens is 1. The van der Waals surface area contributed by atoms with Crippen LogP contribution in [0.2, 0.25) is 5.02 Å². The maximum Gasteiger partial charge on any atom is 0.512 e. The Balaban J connectivity index is 2.77. The van der Waals surface area contributed by atoms with Gasteiger partial charge in [-0.1, -0.05) is 24.9 Å². The van der Waals surface area contributed by atoms with Gasteiger partial charge in [-0.25, -0.2) is 9.48 Å². The van der Waals surface area contributed by atoms with Gasteiger partial charge in [-0.05, 0) is 6.42 Å². The first-order chi connectivity index (χ1) is 6.65. The summed E-state index contributed by atoms with van der Waals surface area (Å²) in [6, 6.07) is 0. The minimum absolute atomic E-state index is 0.0904. The van der Waals surface area contributed by atoms with Crippen molar-refractivity contribution in [2.24, 2.45) is 0 Å². The minimum Gasteiger partial charge on any atom is -0.449 e. The molecule has 0 atom stereocenters. The van der Waals surface area contributed by atoms with Crippen LogP contribution in [0, 0.1) is 0 Å². The molecule has 0 aliphatic rings. The Bertz CT molecular complexity index is 324. The third kappa shape index (κ3) is 2.63. The molecule has 0 aliphatic heterocycles. The first-order valence-corrected chi connectivity index (χ1v) is 4.65. The van der Waals surface area contributed by atoms with E-state index in [0.717, 1.165) is 12.8 Å². The van der Waals surface area contributed by atoms with Crippen LogP contribution in [0.15, 0.2) is 6.20 Å². The van der Waals surface area contributed by atoms with Crippen molar-refractivity contribution in [3.8, 4) is 5.88 Å². The van der Waals surface area contributed by atoms with E-state index in [2.05, 4.69) is 9.84 Å². The van der Waals surface area contributed by atoms with E-state index in [1.807, 2.05) is 6.92 Å². The highest BCUT2D eigenvalue weighted by atomic mass is 35.5. The van der Waals surface area contributed by atoms with Gasteiger partial charge in [-0.2, -0.15) is 5.10 Å². The summed E-state index contributed by atoms with van der Waals surface area (Å²) >= 11 is 5.70. The molecular weight excluding hydrogens is 208 g/mol. The number of aromatic nitrogens is 2. The molecule has 1 heterocycles. The van der Waals surface area contributed by atoms with Crippen LogP contribution in [-0.4, -0.2) is 21.0 Å². The molecule has 0 fully saturated rings. The highest BCUT2D eigenvalue weighted by Crippen LogP contribution is 2.24. The van der Waals surface area contributed by atoms with Crippen LogP contribution in [-0.2, 0) is 6.54 Å². The summed E-state index contributed by atoms with van der Waals surface area (Å²) in [4.78, 5) is 10.3. The van der Waals surface area contributed by atoms with E-state index in [0.29, 0.717) is 6.54 Å². The van der Waals surface area contributed by atoms with Gasteiger partial charge in [0.15, 0.2) is 0 Å². The van der Waals surface area contributed by atoms with Crippen LogP contribution < -0.4 is 4.74 Å². The van der Waals surface area contributed by atoms with Crippen molar-refractivity contribution in [2.45, 2.75) is 26.3 Å². The zero-order valence-electron chi connectivity index (χ0n) is 7.73. The fraction of sp³-hybridized carbons (Fsp3) is 0.500. The zero-order chi connectivity index (χ0) is 10.6. The number of unbranched alkanes of at least 4 members (excludes halogenated alkanes) is 1. The molecule has 0 bridgehead atoms. The van der Waals surface area contributed by atoms with Crippen LogP contribution in [0.1, 0.15) is 19.8 Å². The molecule has 0 saturated carbocycles. The van der Waals surface area contributed by atoms with Crippen molar-refractivity contribution in [3.05, 3.63) is 11.2 Å². The van der Waals surface area contributed by atoms with Crippen molar-refractivity contribution in [1.82, 2.24) is 9.78 Å². The number of carboxylic acid groups (broad SMARTS) is 1. The lowest BCUT2D eigenvalue weighted by atomic mass is 10.3. The highest BCUT2D eigenvalue weighted by molar-refractivity contribution is 6.31. The van der Waals surface area contributed by atoms with Gasteiger partial charge in [-0.15, -0.1) is 0 Å². The van der Waals surface area contributed by atoms with Gasteiger partial charge < -0.3 is 9.84 Å².